The molecule has 2 N–H and O–H groups in total. The summed E-state index contributed by atoms with van der Waals surface area (Å²) in [6, 6.07) is 3.43. The van der Waals surface area contributed by atoms with Crippen molar-refractivity contribution < 1.29 is 9.18 Å². The Bertz CT molecular complexity index is 549. The molecule has 114 valence electrons. The number of fused-ring (bicyclic) bond motifs is 1. The fourth-order valence-corrected chi connectivity index (χ4v) is 3.87. The molecule has 0 aromatic heterocycles. The first-order valence-corrected chi connectivity index (χ1v) is 8.36. The van der Waals surface area contributed by atoms with Gasteiger partial charge < -0.3 is 10.6 Å². The van der Waals surface area contributed by atoms with Crippen LogP contribution < -0.4 is 10.6 Å². The summed E-state index contributed by atoms with van der Waals surface area (Å²) in [5, 5.41) is 6.39. The molecule has 1 heterocycles. The molecular weight excluding hydrogens is 335 g/mol. The molecule has 5 heteroatoms. The molecule has 2 fully saturated rings. The van der Waals surface area contributed by atoms with Gasteiger partial charge in [0.1, 0.15) is 5.82 Å². The van der Waals surface area contributed by atoms with Gasteiger partial charge in [0.2, 0.25) is 5.91 Å². The van der Waals surface area contributed by atoms with Crippen LogP contribution >= 0.6 is 15.9 Å². The lowest BCUT2D eigenvalue weighted by Gasteiger charge is -2.24. The van der Waals surface area contributed by atoms with E-state index in [1.807, 2.05) is 0 Å². The van der Waals surface area contributed by atoms with Crippen LogP contribution in [0.15, 0.2) is 16.6 Å². The lowest BCUT2D eigenvalue weighted by molar-refractivity contribution is -0.117. The van der Waals surface area contributed by atoms with Crippen molar-refractivity contribution in [1.29, 1.82) is 0 Å². The monoisotopic (exact) mass is 354 g/mol. The second kappa shape index (κ2) is 6.05. The molecule has 1 aromatic rings. The predicted molar refractivity (Wildman–Crippen MR) is 84.8 cm³/mol. The molecule has 1 aliphatic heterocycles. The Balaban J connectivity index is 1.68. The van der Waals surface area contributed by atoms with Crippen LogP contribution in [0.25, 0.3) is 0 Å². The van der Waals surface area contributed by atoms with E-state index in [1.165, 1.54) is 31.7 Å². The molecule has 1 aromatic carbocycles. The highest BCUT2D eigenvalue weighted by Gasteiger charge is 2.38. The Morgan fingerprint density at radius 2 is 2.14 bits per heavy atom. The zero-order valence-electron chi connectivity index (χ0n) is 12.1. The molecule has 3 rings (SSSR count). The van der Waals surface area contributed by atoms with Crippen LogP contribution in [-0.4, -0.2) is 18.0 Å². The van der Waals surface area contributed by atoms with E-state index in [-0.39, 0.29) is 17.8 Å². The lowest BCUT2D eigenvalue weighted by atomic mass is 9.85. The second-order valence-electron chi connectivity index (χ2n) is 6.18. The zero-order valence-corrected chi connectivity index (χ0v) is 13.7. The van der Waals surface area contributed by atoms with E-state index in [9.17, 15) is 9.18 Å². The zero-order chi connectivity index (χ0) is 15.0. The minimum Gasteiger partial charge on any atom is -0.324 e. The van der Waals surface area contributed by atoms with Gasteiger partial charge in [-0.3, -0.25) is 4.79 Å². The van der Waals surface area contributed by atoms with E-state index < -0.39 is 0 Å². The average molecular weight is 355 g/mol. The van der Waals surface area contributed by atoms with Crippen molar-refractivity contribution in [2.75, 3.05) is 5.32 Å². The number of amides is 1. The first-order valence-electron chi connectivity index (χ1n) is 7.57. The highest BCUT2D eigenvalue weighted by atomic mass is 79.9. The Morgan fingerprint density at radius 3 is 2.90 bits per heavy atom. The van der Waals surface area contributed by atoms with Crippen molar-refractivity contribution in [1.82, 2.24) is 5.32 Å². The van der Waals surface area contributed by atoms with Gasteiger partial charge in [-0.1, -0.05) is 12.8 Å². The molecule has 0 spiro atoms. The van der Waals surface area contributed by atoms with E-state index in [2.05, 4.69) is 26.6 Å². The Labute approximate surface area is 132 Å². The Kier molecular flexibility index (Phi) is 4.31. The quantitative estimate of drug-likeness (QED) is 0.848. The number of hydrogen-bond donors (Lipinski definition) is 2. The number of anilines is 1. The molecule has 1 aliphatic carbocycles. The summed E-state index contributed by atoms with van der Waals surface area (Å²) in [6.45, 7) is 1.80. The van der Waals surface area contributed by atoms with Gasteiger partial charge in [0, 0.05) is 11.7 Å². The molecule has 2 aliphatic rings. The number of rotatable bonds is 2. The predicted octanol–water partition coefficient (Wildman–Crippen LogP) is 3.76. The van der Waals surface area contributed by atoms with Gasteiger partial charge >= 0.3 is 0 Å². The maximum Gasteiger partial charge on any atom is 0.241 e. The maximum absolute atomic E-state index is 13.4. The van der Waals surface area contributed by atoms with Crippen LogP contribution in [0.1, 0.15) is 37.7 Å². The SMILES string of the molecule is Cc1cc(F)c(Br)cc1NC(=O)C1CC2CCCCC2N1. The van der Waals surface area contributed by atoms with Gasteiger partial charge in [-0.15, -0.1) is 0 Å². The smallest absolute Gasteiger partial charge is 0.241 e. The fourth-order valence-electron chi connectivity index (χ4n) is 3.52. The van der Waals surface area contributed by atoms with Gasteiger partial charge in [0.05, 0.1) is 10.5 Å². The van der Waals surface area contributed by atoms with E-state index in [4.69, 9.17) is 0 Å². The summed E-state index contributed by atoms with van der Waals surface area (Å²) in [6.07, 6.45) is 5.85. The molecule has 21 heavy (non-hydrogen) atoms. The number of aryl methyl sites for hydroxylation is 1. The van der Waals surface area contributed by atoms with Gasteiger partial charge in [0.25, 0.3) is 0 Å². The Morgan fingerprint density at radius 1 is 1.38 bits per heavy atom. The molecule has 3 nitrogen and oxygen atoms in total. The molecule has 3 atom stereocenters. The molecule has 0 radical (unpaired) electrons. The minimum atomic E-state index is -0.310. The van der Waals surface area contributed by atoms with Gasteiger partial charge in [0.15, 0.2) is 0 Å². The van der Waals surface area contributed by atoms with Crippen molar-refractivity contribution in [2.24, 2.45) is 5.92 Å². The van der Waals surface area contributed by atoms with Crippen molar-refractivity contribution >= 4 is 27.5 Å². The Hall–Kier alpha value is -0.940. The first kappa shape index (κ1) is 15.0. The molecule has 1 saturated heterocycles. The van der Waals surface area contributed by atoms with Crippen LogP contribution in [0.2, 0.25) is 0 Å². The molecule has 1 amide bonds. The number of nitrogens with one attached hydrogen (secondary N) is 2. The van der Waals surface area contributed by atoms with E-state index in [1.54, 1.807) is 13.0 Å². The summed E-state index contributed by atoms with van der Waals surface area (Å²) < 4.78 is 13.8. The summed E-state index contributed by atoms with van der Waals surface area (Å²) in [7, 11) is 0. The fraction of sp³-hybridized carbons (Fsp3) is 0.562. The summed E-state index contributed by atoms with van der Waals surface area (Å²) in [4.78, 5) is 12.4. The molecule has 0 bridgehead atoms. The number of hydrogen-bond acceptors (Lipinski definition) is 2. The standard InChI is InChI=1S/C16H20BrFN2O/c1-9-6-12(18)11(17)8-14(9)20-16(21)15-7-10-4-2-3-5-13(10)19-15/h6,8,10,13,15,19H,2-5,7H2,1H3,(H,20,21). The molecule has 1 saturated carbocycles. The van der Waals surface area contributed by atoms with Gasteiger partial charge in [-0.05, 0) is 65.7 Å². The highest BCUT2D eigenvalue weighted by Crippen LogP contribution is 2.33. The summed E-state index contributed by atoms with van der Waals surface area (Å²) in [5.41, 5.74) is 1.41. The van der Waals surface area contributed by atoms with Crippen LogP contribution in [0.4, 0.5) is 10.1 Å². The van der Waals surface area contributed by atoms with E-state index in [0.29, 0.717) is 22.1 Å². The second-order valence-corrected chi connectivity index (χ2v) is 7.03. The first-order chi connectivity index (χ1) is 10.0. The largest absolute Gasteiger partial charge is 0.324 e. The number of halogens is 2. The third-order valence-corrected chi connectivity index (χ3v) is 5.31. The lowest BCUT2D eigenvalue weighted by Crippen LogP contribution is -2.40. The van der Waals surface area contributed by atoms with E-state index >= 15 is 0 Å². The number of carbonyl (C=O) groups is 1. The summed E-state index contributed by atoms with van der Waals surface area (Å²) >= 11 is 3.16. The van der Waals surface area contributed by atoms with Crippen molar-refractivity contribution in [3.05, 3.63) is 28.0 Å². The van der Waals surface area contributed by atoms with E-state index in [0.717, 1.165) is 12.0 Å². The maximum atomic E-state index is 13.4. The molecule has 3 unspecified atom stereocenters. The van der Waals surface area contributed by atoms with Crippen molar-refractivity contribution in [3.8, 4) is 0 Å². The number of benzene rings is 1. The molecular formula is C16H20BrFN2O. The van der Waals surface area contributed by atoms with Crippen LogP contribution in [0, 0.1) is 18.7 Å². The topological polar surface area (TPSA) is 41.1 Å². The average Bonchev–Trinajstić information content (AvgIpc) is 2.88. The van der Waals surface area contributed by atoms with Crippen LogP contribution in [0.5, 0.6) is 0 Å². The number of carbonyl (C=O) groups excluding carboxylic acids is 1. The highest BCUT2D eigenvalue weighted by molar-refractivity contribution is 9.10. The third-order valence-electron chi connectivity index (χ3n) is 4.70. The normalized spacial score (nSPS) is 28.2. The van der Waals surface area contributed by atoms with Crippen LogP contribution in [0.3, 0.4) is 0 Å². The van der Waals surface area contributed by atoms with Gasteiger partial charge in [-0.25, -0.2) is 4.39 Å². The van der Waals surface area contributed by atoms with Crippen LogP contribution in [-0.2, 0) is 4.79 Å². The van der Waals surface area contributed by atoms with Crippen molar-refractivity contribution in [3.63, 3.8) is 0 Å². The van der Waals surface area contributed by atoms with Crippen molar-refractivity contribution in [2.45, 2.75) is 51.1 Å². The van der Waals surface area contributed by atoms with Gasteiger partial charge in [-0.2, -0.15) is 0 Å². The summed E-state index contributed by atoms with van der Waals surface area (Å²) in [5.74, 6) is 0.317. The third kappa shape index (κ3) is 3.14. The minimum absolute atomic E-state index is 0.00833.